The number of alkyl halides is 3. The Bertz CT molecular complexity index is 1120. The third-order valence-electron chi connectivity index (χ3n) is 3.42. The highest BCUT2D eigenvalue weighted by Gasteiger charge is 2.26. The van der Waals surface area contributed by atoms with Gasteiger partial charge < -0.3 is 0 Å². The summed E-state index contributed by atoms with van der Waals surface area (Å²) < 4.78 is 0.00732. The predicted octanol–water partition coefficient (Wildman–Crippen LogP) is 3.88. The zero-order chi connectivity index (χ0) is 19.1. The van der Waals surface area contributed by atoms with Crippen LogP contribution in [-0.4, -0.2) is 16.6 Å². The second-order valence-electron chi connectivity index (χ2n) is 5.05. The number of aromatic nitrogens is 2. The van der Waals surface area contributed by atoms with Crippen molar-refractivity contribution < 1.29 is 4.92 Å². The number of hydrogen-bond donors (Lipinski definition) is 0. The molecule has 11 heteroatoms. The average molecular weight is 433 g/mol. The van der Waals surface area contributed by atoms with Gasteiger partial charge in [0.05, 0.1) is 21.5 Å². The molecule has 134 valence electrons. The van der Waals surface area contributed by atoms with Crippen molar-refractivity contribution in [2.75, 3.05) is 0 Å². The van der Waals surface area contributed by atoms with Gasteiger partial charge in [-0.1, -0.05) is 53.0 Å². The second-order valence-corrected chi connectivity index (χ2v) is 9.16. The van der Waals surface area contributed by atoms with E-state index in [0.717, 1.165) is 14.6 Å². The van der Waals surface area contributed by atoms with Gasteiger partial charge in [-0.2, -0.15) is 0 Å². The van der Waals surface area contributed by atoms with Crippen LogP contribution in [0.4, 0.5) is 5.69 Å². The molecule has 0 bridgehead atoms. The van der Waals surface area contributed by atoms with Gasteiger partial charge in [-0.3, -0.25) is 14.9 Å². The van der Waals surface area contributed by atoms with Gasteiger partial charge in [-0.05, 0) is 18.2 Å². The lowest BCUT2D eigenvalue weighted by Gasteiger charge is -2.16. The lowest BCUT2D eigenvalue weighted by atomic mass is 10.2. The normalized spacial score (nSPS) is 11.7. The van der Waals surface area contributed by atoms with E-state index < -0.39 is 19.3 Å². The van der Waals surface area contributed by atoms with Crippen molar-refractivity contribution in [1.29, 1.82) is 0 Å². The first-order valence-electron chi connectivity index (χ1n) is 6.97. The van der Waals surface area contributed by atoms with Crippen LogP contribution >= 0.6 is 46.8 Å². The first-order chi connectivity index (χ1) is 12.2. The quantitative estimate of drug-likeness (QED) is 0.356. The van der Waals surface area contributed by atoms with Crippen molar-refractivity contribution in [3.05, 3.63) is 79.5 Å². The summed E-state index contributed by atoms with van der Waals surface area (Å²) >= 11 is 18.0. The number of nitro groups is 1. The topological polar surface area (TPSA) is 87.1 Å². The van der Waals surface area contributed by atoms with Gasteiger partial charge in [0.15, 0.2) is 0 Å². The molecule has 1 heterocycles. The molecule has 3 rings (SSSR count). The third-order valence-corrected chi connectivity index (χ3v) is 4.78. The van der Waals surface area contributed by atoms with Crippen molar-refractivity contribution in [2.45, 2.75) is 3.12 Å². The van der Waals surface area contributed by atoms with Crippen molar-refractivity contribution >= 4 is 63.3 Å². The number of benzene rings is 2. The number of hydrogen-bond acceptors (Lipinski definition) is 5. The molecule has 3 aromatic rings. The van der Waals surface area contributed by atoms with E-state index >= 15 is 0 Å². The summed E-state index contributed by atoms with van der Waals surface area (Å²) in [7, 11) is 0. The van der Waals surface area contributed by atoms with Gasteiger partial charge in [-0.25, -0.2) is 13.3 Å². The van der Waals surface area contributed by atoms with E-state index in [1.54, 1.807) is 30.3 Å². The fourth-order valence-corrected chi connectivity index (χ4v) is 3.63. The molecule has 0 saturated carbocycles. The van der Waals surface area contributed by atoms with Gasteiger partial charge >= 0.3 is 5.69 Å². The summed E-state index contributed by atoms with van der Waals surface area (Å²) in [5, 5.41) is 11.0. The van der Waals surface area contributed by atoms with Crippen LogP contribution in [0, 0.1) is 10.1 Å². The van der Waals surface area contributed by atoms with Crippen LogP contribution in [0.2, 0.25) is 0 Å². The van der Waals surface area contributed by atoms with Gasteiger partial charge in [0, 0.05) is 24.1 Å². The molecule has 0 unspecified atom stereocenters. The summed E-state index contributed by atoms with van der Waals surface area (Å²) in [5.41, 5.74) is -1.36. The minimum atomic E-state index is -1.89. The maximum atomic E-state index is 12.9. The highest BCUT2D eigenvalue weighted by molar-refractivity contribution is 8.03. The molecule has 2 aromatic carbocycles. The van der Waals surface area contributed by atoms with E-state index in [0.29, 0.717) is 11.9 Å². The van der Waals surface area contributed by atoms with E-state index in [1.807, 2.05) is 0 Å². The first-order valence-corrected chi connectivity index (χ1v) is 8.87. The molecule has 0 aliphatic rings. The summed E-state index contributed by atoms with van der Waals surface area (Å²) in [6.45, 7) is 0. The minimum Gasteiger partial charge on any atom is -0.268 e. The number of nitro benzene ring substituents is 1. The fraction of sp³-hybridized carbons (Fsp3) is 0.0667. The van der Waals surface area contributed by atoms with Gasteiger partial charge in [0.2, 0.25) is 0 Å². The number of para-hydroxylation sites is 1. The van der Waals surface area contributed by atoms with Crippen molar-refractivity contribution in [3.8, 4) is 5.69 Å². The molecule has 26 heavy (non-hydrogen) atoms. The predicted molar refractivity (Wildman–Crippen MR) is 104 cm³/mol. The lowest BCUT2D eigenvalue weighted by molar-refractivity contribution is -0.384. The Hall–Kier alpha value is -2.00. The van der Waals surface area contributed by atoms with Crippen LogP contribution in [-0.2, 0) is 0 Å². The Kier molecular flexibility index (Phi) is 5.03. The van der Waals surface area contributed by atoms with Gasteiger partial charge in [-0.15, -0.1) is 0 Å². The largest absolute Gasteiger partial charge is 0.346 e. The molecule has 0 fully saturated rings. The molecule has 0 amide bonds. The van der Waals surface area contributed by atoms with E-state index in [4.69, 9.17) is 34.8 Å². The molecular weight excluding hydrogens is 425 g/mol. The first kappa shape index (κ1) is 18.8. The highest BCUT2D eigenvalue weighted by Crippen LogP contribution is 2.40. The lowest BCUT2D eigenvalue weighted by Crippen LogP contribution is -2.37. The van der Waals surface area contributed by atoms with Crippen molar-refractivity contribution in [3.63, 3.8) is 0 Å². The number of halogens is 3. The number of rotatable bonds is 3. The standard InChI is InChI=1S/C15H8Cl3N3O4S/c16-15(17,18)26-20-12-7-6-10(21(24)25)8-11(12)13(22)19(14(20)23)9-4-2-1-3-5-9/h1-8H. The number of nitrogens with zero attached hydrogens (tertiary/aromatic N) is 3. The van der Waals surface area contributed by atoms with Crippen LogP contribution in [0.3, 0.4) is 0 Å². The zero-order valence-electron chi connectivity index (χ0n) is 12.6. The molecule has 0 spiro atoms. The maximum absolute atomic E-state index is 12.9. The summed E-state index contributed by atoms with van der Waals surface area (Å²) in [4.78, 5) is 36.2. The van der Waals surface area contributed by atoms with Gasteiger partial charge in [0.25, 0.3) is 14.4 Å². The summed E-state index contributed by atoms with van der Waals surface area (Å²) in [5.74, 6) is 0. The Balaban J connectivity index is 2.46. The molecule has 0 aliphatic carbocycles. The van der Waals surface area contributed by atoms with E-state index in [1.165, 1.54) is 12.1 Å². The summed E-state index contributed by atoms with van der Waals surface area (Å²) in [6.07, 6.45) is 0. The van der Waals surface area contributed by atoms with Crippen LogP contribution in [0.5, 0.6) is 0 Å². The fourth-order valence-electron chi connectivity index (χ4n) is 2.38. The van der Waals surface area contributed by atoms with Crippen molar-refractivity contribution in [1.82, 2.24) is 8.54 Å². The Morgan fingerprint density at radius 1 is 1.04 bits per heavy atom. The second kappa shape index (κ2) is 6.96. The van der Waals surface area contributed by atoms with Gasteiger partial charge in [0.1, 0.15) is 0 Å². The van der Waals surface area contributed by atoms with Crippen LogP contribution in [0.25, 0.3) is 16.6 Å². The van der Waals surface area contributed by atoms with E-state index in [9.17, 15) is 19.7 Å². The number of fused-ring (bicyclic) bond motifs is 1. The summed E-state index contributed by atoms with van der Waals surface area (Å²) in [6, 6.07) is 11.6. The molecular formula is C15H8Cl3N3O4S. The Morgan fingerprint density at radius 3 is 2.27 bits per heavy atom. The monoisotopic (exact) mass is 431 g/mol. The van der Waals surface area contributed by atoms with E-state index in [2.05, 4.69) is 0 Å². The smallest absolute Gasteiger partial charge is 0.268 e. The average Bonchev–Trinajstić information content (AvgIpc) is 2.58. The van der Waals surface area contributed by atoms with Crippen molar-refractivity contribution in [2.24, 2.45) is 0 Å². The molecule has 0 atom stereocenters. The molecule has 0 aliphatic heterocycles. The zero-order valence-corrected chi connectivity index (χ0v) is 15.7. The minimum absolute atomic E-state index is 0.0515. The Labute approximate surface area is 165 Å². The van der Waals surface area contributed by atoms with Crippen LogP contribution < -0.4 is 11.2 Å². The van der Waals surface area contributed by atoms with Crippen LogP contribution in [0.15, 0.2) is 58.1 Å². The highest BCUT2D eigenvalue weighted by atomic mass is 35.6. The SMILES string of the molecule is O=c1c2cc([N+](=O)[O-])ccc2n(SC(Cl)(Cl)Cl)c(=O)n1-c1ccccc1. The molecule has 1 aromatic heterocycles. The molecule has 0 N–H and O–H groups in total. The molecule has 0 saturated heterocycles. The Morgan fingerprint density at radius 2 is 1.69 bits per heavy atom. The maximum Gasteiger partial charge on any atom is 0.346 e. The molecule has 0 radical (unpaired) electrons. The van der Waals surface area contributed by atoms with E-state index in [-0.39, 0.29) is 22.3 Å². The molecule has 7 nitrogen and oxygen atoms in total. The number of non-ortho nitro benzene ring substituents is 1. The van der Waals surface area contributed by atoms with Crippen LogP contribution in [0.1, 0.15) is 0 Å². The third kappa shape index (κ3) is 3.59.